The molecule has 4 heteroatoms. The Bertz CT molecular complexity index is 352. The first-order valence-electron chi connectivity index (χ1n) is 5.81. The van der Waals surface area contributed by atoms with Crippen molar-refractivity contribution >= 4 is 23.2 Å². The summed E-state index contributed by atoms with van der Waals surface area (Å²) in [5.41, 5.74) is 1.26. The van der Waals surface area contributed by atoms with Crippen LogP contribution in [-0.2, 0) is 0 Å². The summed E-state index contributed by atoms with van der Waals surface area (Å²) in [6, 6.07) is 0. The monoisotopic (exact) mass is 274 g/mol. The molecule has 0 aromatic carbocycles. The van der Waals surface area contributed by atoms with Crippen molar-refractivity contribution in [2.45, 2.75) is 33.6 Å². The maximum atomic E-state index is 6.12. The summed E-state index contributed by atoms with van der Waals surface area (Å²) in [5, 5.41) is 4.72. The summed E-state index contributed by atoms with van der Waals surface area (Å²) in [4.78, 5) is 3.96. The van der Waals surface area contributed by atoms with Gasteiger partial charge >= 0.3 is 0 Å². The van der Waals surface area contributed by atoms with Gasteiger partial charge in [-0.3, -0.25) is 4.98 Å². The van der Waals surface area contributed by atoms with Crippen molar-refractivity contribution < 1.29 is 0 Å². The van der Waals surface area contributed by atoms with Gasteiger partial charge in [0.15, 0.2) is 0 Å². The van der Waals surface area contributed by atoms with Crippen LogP contribution in [0.3, 0.4) is 0 Å². The van der Waals surface area contributed by atoms with Crippen LogP contribution in [0.1, 0.15) is 39.2 Å². The molecule has 0 aliphatic carbocycles. The van der Waals surface area contributed by atoms with Gasteiger partial charge in [0.2, 0.25) is 0 Å². The fraction of sp³-hybridized carbons (Fsp3) is 0.615. The molecule has 1 aromatic heterocycles. The van der Waals surface area contributed by atoms with E-state index in [1.807, 2.05) is 0 Å². The van der Waals surface area contributed by atoms with E-state index in [4.69, 9.17) is 23.2 Å². The van der Waals surface area contributed by atoms with E-state index in [0.717, 1.165) is 18.7 Å². The van der Waals surface area contributed by atoms with Gasteiger partial charge in [0.25, 0.3) is 0 Å². The quantitative estimate of drug-likeness (QED) is 0.893. The zero-order valence-corrected chi connectivity index (χ0v) is 12.4. The molecule has 1 rings (SSSR count). The lowest BCUT2D eigenvalue weighted by atomic mass is 9.96. The first kappa shape index (κ1) is 14.7. The van der Waals surface area contributed by atoms with Crippen LogP contribution in [0.2, 0.25) is 10.0 Å². The van der Waals surface area contributed by atoms with Gasteiger partial charge in [-0.25, -0.2) is 0 Å². The van der Waals surface area contributed by atoms with Crippen molar-refractivity contribution in [1.82, 2.24) is 10.3 Å². The zero-order valence-electron chi connectivity index (χ0n) is 10.8. The third-order valence-electron chi connectivity index (χ3n) is 2.49. The molecular weight excluding hydrogens is 255 g/mol. The fourth-order valence-electron chi connectivity index (χ4n) is 1.66. The van der Waals surface area contributed by atoms with Crippen molar-refractivity contribution in [2.24, 2.45) is 5.41 Å². The molecule has 96 valence electrons. The van der Waals surface area contributed by atoms with Crippen LogP contribution in [0, 0.1) is 5.41 Å². The van der Waals surface area contributed by atoms with Crippen LogP contribution in [0.4, 0.5) is 0 Å². The number of halogens is 2. The Kier molecular flexibility index (Phi) is 5.23. The number of hydrogen-bond acceptors (Lipinski definition) is 2. The molecule has 1 heterocycles. The summed E-state index contributed by atoms with van der Waals surface area (Å²) in [6.45, 7) is 10.6. The molecule has 0 spiro atoms. The van der Waals surface area contributed by atoms with Crippen LogP contribution >= 0.6 is 23.2 Å². The number of nitrogens with zero attached hydrogens (tertiary/aromatic N) is 1. The SMILES string of the molecule is CC(CNCC(C)(C)C)c1c(Cl)cncc1Cl. The second kappa shape index (κ2) is 6.03. The minimum atomic E-state index is 0.278. The summed E-state index contributed by atoms with van der Waals surface area (Å²) in [5.74, 6) is 0.278. The Labute approximate surface area is 114 Å². The second-order valence-electron chi connectivity index (χ2n) is 5.61. The molecule has 1 atom stereocenters. The maximum Gasteiger partial charge on any atom is 0.0639 e. The Morgan fingerprint density at radius 2 is 1.76 bits per heavy atom. The van der Waals surface area contributed by atoms with Crippen molar-refractivity contribution in [3.63, 3.8) is 0 Å². The fourth-order valence-corrected chi connectivity index (χ4v) is 2.40. The van der Waals surface area contributed by atoms with Crippen molar-refractivity contribution in [3.05, 3.63) is 28.0 Å². The molecule has 1 unspecified atom stereocenters. The Balaban J connectivity index is 2.61. The van der Waals surface area contributed by atoms with Gasteiger partial charge in [0.1, 0.15) is 0 Å². The smallest absolute Gasteiger partial charge is 0.0639 e. The normalized spacial score (nSPS) is 13.8. The lowest BCUT2D eigenvalue weighted by molar-refractivity contribution is 0.375. The molecule has 2 nitrogen and oxygen atoms in total. The lowest BCUT2D eigenvalue weighted by Crippen LogP contribution is -2.29. The Morgan fingerprint density at radius 3 is 2.24 bits per heavy atom. The number of nitrogens with one attached hydrogen (secondary N) is 1. The van der Waals surface area contributed by atoms with Crippen LogP contribution < -0.4 is 5.32 Å². The van der Waals surface area contributed by atoms with Crippen molar-refractivity contribution in [2.75, 3.05) is 13.1 Å². The van der Waals surface area contributed by atoms with E-state index in [2.05, 4.69) is 38.0 Å². The summed E-state index contributed by atoms with van der Waals surface area (Å²) >= 11 is 12.2. The molecule has 0 bridgehead atoms. The standard InChI is InChI=1S/C13H20Cl2N2/c1-9(5-17-8-13(2,3)4)12-10(14)6-16-7-11(12)15/h6-7,9,17H,5,8H2,1-4H3. The molecule has 0 fully saturated rings. The minimum Gasteiger partial charge on any atom is -0.316 e. The van der Waals surface area contributed by atoms with Gasteiger partial charge in [0, 0.05) is 25.5 Å². The molecule has 17 heavy (non-hydrogen) atoms. The first-order chi connectivity index (χ1) is 7.81. The van der Waals surface area contributed by atoms with Crippen LogP contribution in [0.5, 0.6) is 0 Å². The van der Waals surface area contributed by atoms with Crippen molar-refractivity contribution in [3.8, 4) is 0 Å². The molecule has 0 saturated heterocycles. The molecule has 0 aliphatic heterocycles. The van der Waals surface area contributed by atoms with Gasteiger partial charge < -0.3 is 5.32 Å². The highest BCUT2D eigenvalue weighted by Gasteiger charge is 2.15. The Hall–Kier alpha value is -0.310. The number of rotatable bonds is 4. The summed E-state index contributed by atoms with van der Waals surface area (Å²) in [6.07, 6.45) is 3.28. The number of hydrogen-bond donors (Lipinski definition) is 1. The number of pyridine rings is 1. The van der Waals surface area contributed by atoms with Gasteiger partial charge in [0.05, 0.1) is 10.0 Å². The van der Waals surface area contributed by atoms with Gasteiger partial charge in [-0.2, -0.15) is 0 Å². The molecule has 0 radical (unpaired) electrons. The Morgan fingerprint density at radius 1 is 1.24 bits per heavy atom. The van der Waals surface area contributed by atoms with Crippen LogP contribution in [0.25, 0.3) is 0 Å². The first-order valence-corrected chi connectivity index (χ1v) is 6.56. The molecule has 1 N–H and O–H groups in total. The molecule has 0 saturated carbocycles. The summed E-state index contributed by atoms with van der Waals surface area (Å²) < 4.78 is 0. The lowest BCUT2D eigenvalue weighted by Gasteiger charge is -2.21. The van der Waals surface area contributed by atoms with Crippen LogP contribution in [-0.4, -0.2) is 18.1 Å². The van der Waals surface area contributed by atoms with E-state index in [1.54, 1.807) is 12.4 Å². The molecule has 1 aromatic rings. The van der Waals surface area contributed by atoms with Crippen molar-refractivity contribution in [1.29, 1.82) is 0 Å². The topological polar surface area (TPSA) is 24.9 Å². The molecule has 0 amide bonds. The summed E-state index contributed by atoms with van der Waals surface area (Å²) in [7, 11) is 0. The molecular formula is C13H20Cl2N2. The van der Waals surface area contributed by atoms with Gasteiger partial charge in [-0.05, 0) is 16.9 Å². The second-order valence-corrected chi connectivity index (χ2v) is 6.42. The highest BCUT2D eigenvalue weighted by Crippen LogP contribution is 2.30. The van der Waals surface area contributed by atoms with E-state index in [-0.39, 0.29) is 11.3 Å². The van der Waals surface area contributed by atoms with E-state index in [0.29, 0.717) is 10.0 Å². The average molecular weight is 275 g/mol. The van der Waals surface area contributed by atoms with Gasteiger partial charge in [-0.1, -0.05) is 50.9 Å². The van der Waals surface area contributed by atoms with E-state index in [1.165, 1.54) is 0 Å². The maximum absolute atomic E-state index is 6.12. The zero-order chi connectivity index (χ0) is 13.1. The molecule has 0 aliphatic rings. The van der Waals surface area contributed by atoms with Crippen LogP contribution in [0.15, 0.2) is 12.4 Å². The predicted molar refractivity (Wildman–Crippen MR) is 75.0 cm³/mol. The highest BCUT2D eigenvalue weighted by atomic mass is 35.5. The predicted octanol–water partition coefficient (Wildman–Crippen LogP) is 4.13. The average Bonchev–Trinajstić information content (AvgIpc) is 2.15. The third-order valence-corrected chi connectivity index (χ3v) is 3.09. The van der Waals surface area contributed by atoms with E-state index in [9.17, 15) is 0 Å². The van der Waals surface area contributed by atoms with E-state index >= 15 is 0 Å². The third kappa shape index (κ3) is 4.82. The van der Waals surface area contributed by atoms with Gasteiger partial charge in [-0.15, -0.1) is 0 Å². The minimum absolute atomic E-state index is 0.278. The van der Waals surface area contributed by atoms with E-state index < -0.39 is 0 Å². The number of aromatic nitrogens is 1. The largest absolute Gasteiger partial charge is 0.316 e. The highest BCUT2D eigenvalue weighted by molar-refractivity contribution is 6.35.